The van der Waals surface area contributed by atoms with E-state index in [1.807, 2.05) is 0 Å². The van der Waals surface area contributed by atoms with Gasteiger partial charge in [0.15, 0.2) is 0 Å². The number of aliphatic hydroxyl groups excluding tert-OH is 1. The van der Waals surface area contributed by atoms with Crippen LogP contribution < -0.4 is 0 Å². The minimum atomic E-state index is -1.13. The molecule has 0 amide bonds. The molecule has 7 nitrogen and oxygen atoms in total. The van der Waals surface area contributed by atoms with E-state index in [9.17, 15) is 35.7 Å². The van der Waals surface area contributed by atoms with Crippen molar-refractivity contribution in [1.82, 2.24) is 0 Å². The smallest absolute Gasteiger partial charge is 0.123 e. The monoisotopic (exact) mass is 472 g/mol. The van der Waals surface area contributed by atoms with Gasteiger partial charge in [0.05, 0.1) is 6.10 Å². The van der Waals surface area contributed by atoms with Gasteiger partial charge in [-0.25, -0.2) is 0 Å². The molecule has 0 saturated heterocycles. The molecule has 1 aliphatic carbocycles. The normalized spacial score (nSPS) is 19.9. The van der Waals surface area contributed by atoms with Gasteiger partial charge in [0, 0.05) is 35.4 Å². The molecule has 0 bridgehead atoms. The molecule has 4 aromatic carbocycles. The Balaban J connectivity index is 1.79. The fourth-order valence-electron chi connectivity index (χ4n) is 5.35. The van der Waals surface area contributed by atoms with E-state index in [4.69, 9.17) is 0 Å². The summed E-state index contributed by atoms with van der Waals surface area (Å²) in [5.41, 5.74) is 2.73. The zero-order chi connectivity index (χ0) is 24.9. The number of fused-ring (bicyclic) bond motifs is 1. The standard InChI is InChI=1S/C28H24O7/c29-17-5-1-14(2-6-17)24-25(16-9-19(31)11-20(32)10-16)27(22-12-21(33)13-23(34)26(22)24)28(35)15-3-7-18(30)8-4-15/h1-13,24-25,27-35H/t24-,25-,27?,28?/m0/s1. The van der Waals surface area contributed by atoms with Crippen molar-refractivity contribution in [2.45, 2.75) is 23.9 Å². The van der Waals surface area contributed by atoms with Gasteiger partial charge in [-0.3, -0.25) is 0 Å². The Labute approximate surface area is 201 Å². The van der Waals surface area contributed by atoms with Crippen molar-refractivity contribution in [2.75, 3.05) is 0 Å². The number of aliphatic hydroxyl groups is 1. The first-order valence-electron chi connectivity index (χ1n) is 11.1. The molecule has 0 aromatic heterocycles. The van der Waals surface area contributed by atoms with E-state index in [1.165, 1.54) is 54.6 Å². The maximum atomic E-state index is 11.6. The summed E-state index contributed by atoms with van der Waals surface area (Å²) in [6.45, 7) is 0. The largest absolute Gasteiger partial charge is 0.508 e. The summed E-state index contributed by atoms with van der Waals surface area (Å²) in [6, 6.07) is 19.5. The van der Waals surface area contributed by atoms with Gasteiger partial charge in [0.25, 0.3) is 0 Å². The van der Waals surface area contributed by atoms with Crippen molar-refractivity contribution in [3.05, 3.63) is 107 Å². The number of phenolic OH excluding ortho intramolecular Hbond substituents is 6. The fraction of sp³-hybridized carbons (Fsp3) is 0.143. The highest BCUT2D eigenvalue weighted by atomic mass is 16.3. The van der Waals surface area contributed by atoms with Crippen LogP contribution in [0.5, 0.6) is 34.5 Å². The fourth-order valence-corrected chi connectivity index (χ4v) is 5.35. The SMILES string of the molecule is Oc1ccc(C(O)C2c3cc(O)cc(O)c3[C@@H](c3ccc(O)cc3)[C@@H]2c2cc(O)cc(O)c2)cc1. The molecule has 0 spiro atoms. The summed E-state index contributed by atoms with van der Waals surface area (Å²) in [7, 11) is 0. The average molecular weight is 472 g/mol. The van der Waals surface area contributed by atoms with E-state index in [1.54, 1.807) is 24.3 Å². The number of rotatable bonds is 4. The lowest BCUT2D eigenvalue weighted by atomic mass is 9.75. The molecular formula is C28H24O7. The molecule has 4 atom stereocenters. The minimum Gasteiger partial charge on any atom is -0.508 e. The Morgan fingerprint density at radius 2 is 1.09 bits per heavy atom. The van der Waals surface area contributed by atoms with Crippen LogP contribution in [-0.2, 0) is 0 Å². The molecule has 5 rings (SSSR count). The van der Waals surface area contributed by atoms with Crippen LogP contribution in [0.3, 0.4) is 0 Å². The quantitative estimate of drug-likeness (QED) is 0.229. The third-order valence-corrected chi connectivity index (χ3v) is 6.73. The van der Waals surface area contributed by atoms with E-state index in [-0.39, 0.29) is 34.5 Å². The van der Waals surface area contributed by atoms with Crippen LogP contribution in [0, 0.1) is 0 Å². The van der Waals surface area contributed by atoms with Crippen LogP contribution >= 0.6 is 0 Å². The summed E-state index contributed by atoms with van der Waals surface area (Å²) in [4.78, 5) is 0. The van der Waals surface area contributed by atoms with Gasteiger partial charge in [-0.05, 0) is 64.7 Å². The second-order valence-electron chi connectivity index (χ2n) is 8.91. The van der Waals surface area contributed by atoms with Crippen molar-refractivity contribution < 1.29 is 35.7 Å². The second-order valence-corrected chi connectivity index (χ2v) is 8.91. The number of phenols is 6. The van der Waals surface area contributed by atoms with Crippen molar-refractivity contribution in [2.24, 2.45) is 0 Å². The summed E-state index contributed by atoms with van der Waals surface area (Å²) >= 11 is 0. The molecule has 2 unspecified atom stereocenters. The van der Waals surface area contributed by atoms with E-state index in [0.717, 1.165) is 5.56 Å². The maximum Gasteiger partial charge on any atom is 0.123 e. The van der Waals surface area contributed by atoms with Gasteiger partial charge in [-0.1, -0.05) is 24.3 Å². The van der Waals surface area contributed by atoms with Crippen LogP contribution in [-0.4, -0.2) is 35.7 Å². The number of benzene rings is 4. The van der Waals surface area contributed by atoms with E-state index in [0.29, 0.717) is 22.3 Å². The summed E-state index contributed by atoms with van der Waals surface area (Å²) in [6.07, 6.45) is -1.13. The lowest BCUT2D eigenvalue weighted by Gasteiger charge is -2.30. The van der Waals surface area contributed by atoms with Crippen molar-refractivity contribution in [3.8, 4) is 34.5 Å². The molecule has 7 heteroatoms. The molecule has 1 aliphatic rings. The molecule has 4 aromatic rings. The summed E-state index contributed by atoms with van der Waals surface area (Å²) in [5, 5.41) is 73.0. The first kappa shape index (κ1) is 22.4. The minimum absolute atomic E-state index is 0.0412. The first-order valence-corrected chi connectivity index (χ1v) is 11.1. The van der Waals surface area contributed by atoms with Crippen molar-refractivity contribution in [3.63, 3.8) is 0 Å². The average Bonchev–Trinajstić information content (AvgIpc) is 3.14. The van der Waals surface area contributed by atoms with Gasteiger partial charge >= 0.3 is 0 Å². The van der Waals surface area contributed by atoms with E-state index in [2.05, 4.69) is 0 Å². The Hall–Kier alpha value is -4.36. The van der Waals surface area contributed by atoms with Gasteiger partial charge in [-0.2, -0.15) is 0 Å². The zero-order valence-corrected chi connectivity index (χ0v) is 18.4. The Morgan fingerprint density at radius 3 is 1.69 bits per heavy atom. The molecule has 0 radical (unpaired) electrons. The van der Waals surface area contributed by atoms with Crippen LogP contribution in [0.2, 0.25) is 0 Å². The molecule has 0 fully saturated rings. The maximum absolute atomic E-state index is 11.6. The van der Waals surface area contributed by atoms with Crippen LogP contribution in [0.15, 0.2) is 78.9 Å². The molecule has 0 saturated carbocycles. The number of hydrogen-bond donors (Lipinski definition) is 7. The second kappa shape index (κ2) is 8.45. The molecule has 7 N–H and O–H groups in total. The highest BCUT2D eigenvalue weighted by molar-refractivity contribution is 5.60. The predicted molar refractivity (Wildman–Crippen MR) is 128 cm³/mol. The Morgan fingerprint density at radius 1 is 0.543 bits per heavy atom. The number of hydrogen-bond acceptors (Lipinski definition) is 7. The van der Waals surface area contributed by atoms with E-state index < -0.39 is 23.9 Å². The van der Waals surface area contributed by atoms with Crippen molar-refractivity contribution in [1.29, 1.82) is 0 Å². The lowest BCUT2D eigenvalue weighted by Crippen LogP contribution is -2.18. The summed E-state index contributed by atoms with van der Waals surface area (Å²) < 4.78 is 0. The van der Waals surface area contributed by atoms with Crippen LogP contribution in [0.1, 0.15) is 51.7 Å². The van der Waals surface area contributed by atoms with Crippen molar-refractivity contribution >= 4 is 0 Å². The Kier molecular flexibility index (Phi) is 5.42. The lowest BCUT2D eigenvalue weighted by molar-refractivity contribution is 0.134. The third-order valence-electron chi connectivity index (χ3n) is 6.73. The first-order chi connectivity index (χ1) is 16.7. The predicted octanol–water partition coefficient (Wildman–Crippen LogP) is 4.67. The molecule has 178 valence electrons. The van der Waals surface area contributed by atoms with E-state index >= 15 is 0 Å². The molecule has 35 heavy (non-hydrogen) atoms. The Bertz CT molecular complexity index is 1360. The highest BCUT2D eigenvalue weighted by Gasteiger charge is 2.47. The zero-order valence-electron chi connectivity index (χ0n) is 18.4. The molecular weight excluding hydrogens is 448 g/mol. The molecule has 0 aliphatic heterocycles. The number of aromatic hydroxyl groups is 6. The summed E-state index contributed by atoms with van der Waals surface area (Å²) in [5.74, 6) is -2.41. The van der Waals surface area contributed by atoms with Crippen LogP contribution in [0.25, 0.3) is 0 Å². The van der Waals surface area contributed by atoms with Gasteiger partial charge in [0.2, 0.25) is 0 Å². The van der Waals surface area contributed by atoms with Crippen LogP contribution in [0.4, 0.5) is 0 Å². The van der Waals surface area contributed by atoms with Gasteiger partial charge < -0.3 is 35.7 Å². The van der Waals surface area contributed by atoms with Gasteiger partial charge in [0.1, 0.15) is 34.5 Å². The molecule has 0 heterocycles. The third kappa shape index (κ3) is 3.96. The van der Waals surface area contributed by atoms with Gasteiger partial charge in [-0.15, -0.1) is 0 Å². The highest BCUT2D eigenvalue weighted by Crippen LogP contribution is 2.61. The topological polar surface area (TPSA) is 142 Å².